The Bertz CT molecular complexity index is 614. The predicted molar refractivity (Wildman–Crippen MR) is 105 cm³/mol. The highest BCUT2D eigenvalue weighted by Gasteiger charge is 2.29. The molecule has 0 bridgehead atoms. The van der Waals surface area contributed by atoms with Crippen LogP contribution in [0.4, 0.5) is 10.5 Å². The number of carbonyl (C=O) groups excluding carboxylic acids is 2. The Morgan fingerprint density at radius 2 is 1.62 bits per heavy atom. The molecule has 1 atom stereocenters. The topological polar surface area (TPSA) is 55.9 Å². The van der Waals surface area contributed by atoms with Crippen LogP contribution in [-0.2, 0) is 4.79 Å². The Labute approximate surface area is 157 Å². The minimum Gasteiger partial charge on any atom is -0.325 e. The molecule has 6 heteroatoms. The zero-order valence-electron chi connectivity index (χ0n) is 16.7. The molecule has 1 aliphatic heterocycles. The molecule has 1 saturated heterocycles. The molecular weight excluding hydrogens is 328 g/mol. The van der Waals surface area contributed by atoms with Crippen molar-refractivity contribution in [2.45, 2.75) is 40.7 Å². The molecule has 1 aromatic carbocycles. The van der Waals surface area contributed by atoms with E-state index in [9.17, 15) is 9.59 Å². The lowest BCUT2D eigenvalue weighted by atomic mass is 10.1. The molecule has 1 heterocycles. The van der Waals surface area contributed by atoms with Crippen LogP contribution in [0.2, 0.25) is 0 Å². The van der Waals surface area contributed by atoms with Gasteiger partial charge in [0.2, 0.25) is 5.91 Å². The van der Waals surface area contributed by atoms with E-state index in [1.165, 1.54) is 0 Å². The maximum atomic E-state index is 12.7. The summed E-state index contributed by atoms with van der Waals surface area (Å²) in [5.74, 6) is 0.00548. The molecule has 0 unspecified atom stereocenters. The Balaban J connectivity index is 1.92. The second-order valence-electron chi connectivity index (χ2n) is 6.91. The van der Waals surface area contributed by atoms with Gasteiger partial charge in [-0.2, -0.15) is 0 Å². The van der Waals surface area contributed by atoms with Crippen molar-refractivity contribution in [2.75, 3.05) is 44.6 Å². The van der Waals surface area contributed by atoms with Crippen LogP contribution in [0.25, 0.3) is 0 Å². The number of carbonyl (C=O) groups is 2. The van der Waals surface area contributed by atoms with Gasteiger partial charge in [0.05, 0.1) is 6.04 Å². The van der Waals surface area contributed by atoms with Gasteiger partial charge in [-0.25, -0.2) is 4.79 Å². The predicted octanol–water partition coefficient (Wildman–Crippen LogP) is 2.71. The Morgan fingerprint density at radius 3 is 2.12 bits per heavy atom. The smallest absolute Gasteiger partial charge is 0.320 e. The highest BCUT2D eigenvalue weighted by atomic mass is 16.2. The van der Waals surface area contributed by atoms with Crippen molar-refractivity contribution in [3.8, 4) is 0 Å². The number of amides is 3. The summed E-state index contributed by atoms with van der Waals surface area (Å²) in [6, 6.07) is 5.88. The molecule has 0 saturated carbocycles. The molecule has 0 aromatic heterocycles. The van der Waals surface area contributed by atoms with Crippen molar-refractivity contribution in [1.29, 1.82) is 0 Å². The molecular formula is C20H32N4O2. The van der Waals surface area contributed by atoms with E-state index in [0.717, 1.165) is 29.9 Å². The second-order valence-corrected chi connectivity index (χ2v) is 6.91. The summed E-state index contributed by atoms with van der Waals surface area (Å²) in [7, 11) is 0. The molecule has 26 heavy (non-hydrogen) atoms. The average Bonchev–Trinajstić information content (AvgIpc) is 2.65. The number of nitrogens with one attached hydrogen (secondary N) is 1. The lowest BCUT2D eigenvalue weighted by Gasteiger charge is -2.39. The molecule has 6 nitrogen and oxygen atoms in total. The summed E-state index contributed by atoms with van der Waals surface area (Å²) in [6.07, 6.45) is 0. The number of rotatable bonds is 5. The number of piperazine rings is 1. The van der Waals surface area contributed by atoms with E-state index in [-0.39, 0.29) is 18.0 Å². The normalized spacial score (nSPS) is 16.3. The van der Waals surface area contributed by atoms with Crippen LogP contribution in [0, 0.1) is 13.8 Å². The zero-order chi connectivity index (χ0) is 19.3. The SMILES string of the molecule is CCN(CC)C(=O)N1CCN([C@H](C)C(=O)Nc2c(C)cccc2C)CC1. The van der Waals surface area contributed by atoms with Crippen LogP contribution in [0.3, 0.4) is 0 Å². The van der Waals surface area contributed by atoms with E-state index in [1.807, 2.05) is 62.6 Å². The summed E-state index contributed by atoms with van der Waals surface area (Å²) in [6.45, 7) is 14.2. The molecule has 1 N–H and O–H groups in total. The first-order valence-corrected chi connectivity index (χ1v) is 9.54. The first-order valence-electron chi connectivity index (χ1n) is 9.54. The molecule has 1 aliphatic rings. The first-order chi connectivity index (χ1) is 12.4. The number of benzene rings is 1. The summed E-state index contributed by atoms with van der Waals surface area (Å²) in [5, 5.41) is 3.08. The number of hydrogen-bond donors (Lipinski definition) is 1. The van der Waals surface area contributed by atoms with Gasteiger partial charge in [0.25, 0.3) is 0 Å². The van der Waals surface area contributed by atoms with Crippen LogP contribution in [0.15, 0.2) is 18.2 Å². The Morgan fingerprint density at radius 1 is 1.08 bits per heavy atom. The molecule has 3 amide bonds. The molecule has 1 fully saturated rings. The summed E-state index contributed by atoms with van der Waals surface area (Å²) in [5.41, 5.74) is 3.04. The fourth-order valence-electron chi connectivity index (χ4n) is 3.40. The van der Waals surface area contributed by atoms with Crippen LogP contribution < -0.4 is 5.32 Å². The maximum absolute atomic E-state index is 12.7. The fraction of sp³-hybridized carbons (Fsp3) is 0.600. The number of nitrogens with zero attached hydrogens (tertiary/aromatic N) is 3. The van der Waals surface area contributed by atoms with Gasteiger partial charge >= 0.3 is 6.03 Å². The van der Waals surface area contributed by atoms with Crippen molar-refractivity contribution in [3.63, 3.8) is 0 Å². The van der Waals surface area contributed by atoms with Crippen molar-refractivity contribution < 1.29 is 9.59 Å². The number of para-hydroxylation sites is 1. The fourth-order valence-corrected chi connectivity index (χ4v) is 3.40. The summed E-state index contributed by atoms with van der Waals surface area (Å²) in [4.78, 5) is 31.0. The Kier molecular flexibility index (Phi) is 7.03. The highest BCUT2D eigenvalue weighted by molar-refractivity contribution is 5.95. The highest BCUT2D eigenvalue weighted by Crippen LogP contribution is 2.20. The lowest BCUT2D eigenvalue weighted by molar-refractivity contribution is -0.121. The number of aryl methyl sites for hydroxylation is 2. The van der Waals surface area contributed by atoms with Crippen molar-refractivity contribution >= 4 is 17.6 Å². The third-order valence-corrected chi connectivity index (χ3v) is 5.28. The van der Waals surface area contributed by atoms with Gasteiger partial charge in [0, 0.05) is 45.0 Å². The average molecular weight is 361 g/mol. The lowest BCUT2D eigenvalue weighted by Crippen LogP contribution is -2.56. The summed E-state index contributed by atoms with van der Waals surface area (Å²) < 4.78 is 0. The van der Waals surface area contributed by atoms with Gasteiger partial charge in [-0.15, -0.1) is 0 Å². The minimum absolute atomic E-state index is 0.00548. The summed E-state index contributed by atoms with van der Waals surface area (Å²) >= 11 is 0. The van der Waals surface area contributed by atoms with Gasteiger partial charge in [0.15, 0.2) is 0 Å². The van der Waals surface area contributed by atoms with E-state index in [2.05, 4.69) is 10.2 Å². The van der Waals surface area contributed by atoms with Gasteiger partial charge in [-0.05, 0) is 45.7 Å². The molecule has 0 radical (unpaired) electrons. The van der Waals surface area contributed by atoms with E-state index < -0.39 is 0 Å². The standard InChI is InChI=1S/C20H32N4O2/c1-6-22(7-2)20(26)24-13-11-23(12-14-24)17(5)19(25)21-18-15(3)9-8-10-16(18)4/h8-10,17H,6-7,11-14H2,1-5H3,(H,21,25)/t17-/m1/s1. The van der Waals surface area contributed by atoms with Gasteiger partial charge in [-0.3, -0.25) is 9.69 Å². The number of urea groups is 1. The first kappa shape index (κ1) is 20.2. The van der Waals surface area contributed by atoms with E-state index in [0.29, 0.717) is 26.2 Å². The van der Waals surface area contributed by atoms with Crippen molar-refractivity contribution in [1.82, 2.24) is 14.7 Å². The van der Waals surface area contributed by atoms with Gasteiger partial charge in [-0.1, -0.05) is 18.2 Å². The zero-order valence-corrected chi connectivity index (χ0v) is 16.7. The second kappa shape index (κ2) is 9.03. The Hall–Kier alpha value is -2.08. The molecule has 1 aromatic rings. The molecule has 144 valence electrons. The van der Waals surface area contributed by atoms with Gasteiger partial charge in [0.1, 0.15) is 0 Å². The van der Waals surface area contributed by atoms with Crippen LogP contribution in [-0.4, -0.2) is 71.9 Å². The third-order valence-electron chi connectivity index (χ3n) is 5.28. The molecule has 0 aliphatic carbocycles. The molecule has 0 spiro atoms. The van der Waals surface area contributed by atoms with Crippen LogP contribution in [0.5, 0.6) is 0 Å². The van der Waals surface area contributed by atoms with Gasteiger partial charge < -0.3 is 15.1 Å². The number of anilines is 1. The van der Waals surface area contributed by atoms with E-state index in [4.69, 9.17) is 0 Å². The maximum Gasteiger partial charge on any atom is 0.320 e. The largest absolute Gasteiger partial charge is 0.325 e. The number of hydrogen-bond acceptors (Lipinski definition) is 3. The van der Waals surface area contributed by atoms with Crippen LogP contribution in [0.1, 0.15) is 31.9 Å². The van der Waals surface area contributed by atoms with Crippen molar-refractivity contribution in [3.05, 3.63) is 29.3 Å². The van der Waals surface area contributed by atoms with E-state index >= 15 is 0 Å². The van der Waals surface area contributed by atoms with Crippen molar-refractivity contribution in [2.24, 2.45) is 0 Å². The third kappa shape index (κ3) is 4.55. The molecule has 2 rings (SSSR count). The quantitative estimate of drug-likeness (QED) is 0.878. The van der Waals surface area contributed by atoms with Crippen LogP contribution >= 0.6 is 0 Å². The monoisotopic (exact) mass is 360 g/mol. The van der Waals surface area contributed by atoms with E-state index in [1.54, 1.807) is 0 Å². The minimum atomic E-state index is -0.222.